The first-order valence-corrected chi connectivity index (χ1v) is 12.8. The third-order valence-corrected chi connectivity index (χ3v) is 6.82. The van der Waals surface area contributed by atoms with Crippen LogP contribution in [0.5, 0.6) is 11.5 Å². The third kappa shape index (κ3) is 6.68. The fourth-order valence-corrected chi connectivity index (χ4v) is 4.47. The molecule has 0 bridgehead atoms. The van der Waals surface area contributed by atoms with Crippen molar-refractivity contribution in [1.29, 1.82) is 0 Å². The molecule has 1 aliphatic rings. The van der Waals surface area contributed by atoms with Gasteiger partial charge in [0.2, 0.25) is 11.8 Å². The lowest BCUT2D eigenvalue weighted by Crippen LogP contribution is -2.27. The van der Waals surface area contributed by atoms with Crippen molar-refractivity contribution in [2.45, 2.75) is 39.0 Å². The second kappa shape index (κ2) is 12.7. The van der Waals surface area contributed by atoms with E-state index in [1.165, 1.54) is 0 Å². The van der Waals surface area contributed by atoms with E-state index in [9.17, 15) is 19.5 Å². The van der Waals surface area contributed by atoms with Gasteiger partial charge in [-0.2, -0.15) is 0 Å². The van der Waals surface area contributed by atoms with Crippen molar-refractivity contribution < 1.29 is 29.0 Å². The molecule has 8 nitrogen and oxygen atoms in total. The number of carbonyl (C=O) groups is 3. The first kappa shape index (κ1) is 28.2. The van der Waals surface area contributed by atoms with Crippen LogP contribution in [0.15, 0.2) is 18.2 Å². The first-order chi connectivity index (χ1) is 17.2. The Morgan fingerprint density at radius 1 is 1.00 bits per heavy atom. The van der Waals surface area contributed by atoms with Crippen LogP contribution in [-0.4, -0.2) is 47.4 Å². The number of alkyl halides is 2. The van der Waals surface area contributed by atoms with Gasteiger partial charge in [-0.25, -0.2) is 4.79 Å². The number of rotatable bonds is 10. The van der Waals surface area contributed by atoms with Crippen LogP contribution in [-0.2, 0) is 45.1 Å². The average Bonchev–Trinajstić information content (AvgIpc) is 3.30. The normalized spacial score (nSPS) is 14.1. The highest BCUT2D eigenvalue weighted by Crippen LogP contribution is 2.43. The topological polar surface area (TPSA) is 114 Å². The first-order valence-electron chi connectivity index (χ1n) is 11.0. The SMILES string of the molecule is CCOC(=O)C1Cc2cc(Cc3cc(CNC(=O)CCl)c(O)c(CNC(=O)CCl)c3)c(Cl)c(Cl)c2O1. The van der Waals surface area contributed by atoms with E-state index in [1.807, 2.05) is 6.07 Å². The van der Waals surface area contributed by atoms with E-state index in [0.29, 0.717) is 35.3 Å². The molecule has 1 heterocycles. The molecule has 2 amide bonds. The zero-order chi connectivity index (χ0) is 26.4. The van der Waals surface area contributed by atoms with Crippen LogP contribution in [0.1, 0.15) is 34.7 Å². The number of hydrogen-bond donors (Lipinski definition) is 3. The molecule has 0 radical (unpaired) electrons. The Kier molecular flexibility index (Phi) is 9.96. The molecule has 0 spiro atoms. The molecule has 3 N–H and O–H groups in total. The number of fused-ring (bicyclic) bond motifs is 1. The third-order valence-electron chi connectivity index (χ3n) is 5.45. The predicted octanol–water partition coefficient (Wildman–Crippen LogP) is 3.87. The number of esters is 1. The fraction of sp³-hybridized carbons (Fsp3) is 0.375. The zero-order valence-corrected chi connectivity index (χ0v) is 22.3. The Balaban J connectivity index is 1.92. The highest BCUT2D eigenvalue weighted by atomic mass is 35.5. The number of benzene rings is 2. The summed E-state index contributed by atoms with van der Waals surface area (Å²) in [6.07, 6.45) is -0.200. The van der Waals surface area contributed by atoms with E-state index in [4.69, 9.17) is 55.9 Å². The fourth-order valence-electron chi connectivity index (χ4n) is 3.78. The number of phenolic OH excluding ortho intramolecular Hbond substituents is 1. The second-order valence-electron chi connectivity index (χ2n) is 7.97. The summed E-state index contributed by atoms with van der Waals surface area (Å²) >= 11 is 24.1. The van der Waals surface area contributed by atoms with Gasteiger partial charge in [0.1, 0.15) is 28.3 Å². The number of hydrogen-bond acceptors (Lipinski definition) is 6. The standard InChI is InChI=1S/C24H24Cl4N2O6/c1-2-35-24(34)17-7-14-6-13(20(27)21(28)23(14)36-17)3-12-4-15(10-29-18(31)8-25)22(33)16(5-12)11-30-19(32)9-26/h4-6,17,33H,2-3,7-11H2,1H3,(H,29,31)(H,30,32). The molecule has 194 valence electrons. The van der Waals surface area contributed by atoms with Gasteiger partial charge in [0.25, 0.3) is 0 Å². The molecule has 0 aromatic heterocycles. The van der Waals surface area contributed by atoms with Gasteiger partial charge < -0.3 is 25.2 Å². The molecule has 3 rings (SSSR count). The maximum Gasteiger partial charge on any atom is 0.347 e. The van der Waals surface area contributed by atoms with E-state index < -0.39 is 23.9 Å². The number of carbonyl (C=O) groups excluding carboxylic acids is 3. The number of ether oxygens (including phenoxy) is 2. The van der Waals surface area contributed by atoms with Crippen molar-refractivity contribution in [3.63, 3.8) is 0 Å². The number of nitrogens with one attached hydrogen (secondary N) is 2. The molecule has 0 saturated carbocycles. The monoisotopic (exact) mass is 576 g/mol. The van der Waals surface area contributed by atoms with Crippen LogP contribution in [0, 0.1) is 0 Å². The Bertz CT molecular complexity index is 1130. The highest BCUT2D eigenvalue weighted by molar-refractivity contribution is 6.43. The maximum atomic E-state index is 12.1. The summed E-state index contributed by atoms with van der Waals surface area (Å²) in [5.74, 6) is -1.45. The van der Waals surface area contributed by atoms with Crippen LogP contribution in [0.2, 0.25) is 10.0 Å². The van der Waals surface area contributed by atoms with Crippen molar-refractivity contribution >= 4 is 64.2 Å². The van der Waals surface area contributed by atoms with Crippen molar-refractivity contribution in [2.75, 3.05) is 18.4 Å². The molecule has 1 unspecified atom stereocenters. The lowest BCUT2D eigenvalue weighted by Gasteiger charge is -2.16. The molecule has 1 atom stereocenters. The molecular formula is C24H24Cl4N2O6. The molecule has 36 heavy (non-hydrogen) atoms. The van der Waals surface area contributed by atoms with Gasteiger partial charge in [-0.05, 0) is 36.6 Å². The van der Waals surface area contributed by atoms with Crippen molar-refractivity contribution in [3.8, 4) is 11.5 Å². The zero-order valence-electron chi connectivity index (χ0n) is 19.3. The molecule has 0 saturated heterocycles. The highest BCUT2D eigenvalue weighted by Gasteiger charge is 2.33. The number of aromatic hydroxyl groups is 1. The summed E-state index contributed by atoms with van der Waals surface area (Å²) in [6, 6.07) is 5.25. The van der Waals surface area contributed by atoms with Gasteiger partial charge in [-0.15, -0.1) is 23.2 Å². The van der Waals surface area contributed by atoms with Crippen molar-refractivity contribution in [2.24, 2.45) is 0 Å². The minimum Gasteiger partial charge on any atom is -0.507 e. The lowest BCUT2D eigenvalue weighted by atomic mass is 9.96. The summed E-state index contributed by atoms with van der Waals surface area (Å²) in [6.45, 7) is 1.99. The average molecular weight is 578 g/mol. The quantitative estimate of drug-likeness (QED) is 0.292. The van der Waals surface area contributed by atoms with E-state index in [1.54, 1.807) is 19.1 Å². The Hall–Kier alpha value is -2.39. The number of phenols is 1. The summed E-state index contributed by atoms with van der Waals surface area (Å²) in [4.78, 5) is 35.4. The number of halogens is 4. The van der Waals surface area contributed by atoms with Crippen LogP contribution in [0.4, 0.5) is 0 Å². The van der Waals surface area contributed by atoms with Crippen LogP contribution < -0.4 is 15.4 Å². The van der Waals surface area contributed by atoms with Gasteiger partial charge in [0, 0.05) is 36.2 Å². The maximum absolute atomic E-state index is 12.1. The summed E-state index contributed by atoms with van der Waals surface area (Å²) in [5.41, 5.74) is 2.98. The molecule has 0 aliphatic carbocycles. The summed E-state index contributed by atoms with van der Waals surface area (Å²) in [5, 5.41) is 16.4. The Morgan fingerprint density at radius 3 is 2.11 bits per heavy atom. The molecule has 1 aliphatic heterocycles. The Labute approximate surface area is 228 Å². The van der Waals surface area contributed by atoms with Crippen LogP contribution in [0.25, 0.3) is 0 Å². The molecule has 12 heteroatoms. The smallest absolute Gasteiger partial charge is 0.347 e. The van der Waals surface area contributed by atoms with E-state index >= 15 is 0 Å². The van der Waals surface area contributed by atoms with Gasteiger partial charge in [-0.1, -0.05) is 29.3 Å². The van der Waals surface area contributed by atoms with E-state index in [2.05, 4.69) is 10.6 Å². The van der Waals surface area contributed by atoms with Gasteiger partial charge in [-0.3, -0.25) is 9.59 Å². The van der Waals surface area contributed by atoms with Gasteiger partial charge in [0.15, 0.2) is 6.10 Å². The Morgan fingerprint density at radius 2 is 1.58 bits per heavy atom. The largest absolute Gasteiger partial charge is 0.507 e. The second-order valence-corrected chi connectivity index (χ2v) is 9.27. The minimum absolute atomic E-state index is 0.0232. The molecule has 0 fully saturated rings. The predicted molar refractivity (Wildman–Crippen MR) is 137 cm³/mol. The summed E-state index contributed by atoms with van der Waals surface area (Å²) in [7, 11) is 0. The molecule has 2 aromatic rings. The van der Waals surface area contributed by atoms with Crippen LogP contribution >= 0.6 is 46.4 Å². The van der Waals surface area contributed by atoms with E-state index in [-0.39, 0.29) is 47.3 Å². The summed E-state index contributed by atoms with van der Waals surface area (Å²) < 4.78 is 10.7. The van der Waals surface area contributed by atoms with Gasteiger partial charge >= 0.3 is 5.97 Å². The van der Waals surface area contributed by atoms with Crippen molar-refractivity contribution in [1.82, 2.24) is 10.6 Å². The molecular weight excluding hydrogens is 554 g/mol. The molecule has 2 aromatic carbocycles. The number of amides is 2. The van der Waals surface area contributed by atoms with E-state index in [0.717, 1.165) is 11.1 Å². The van der Waals surface area contributed by atoms with Crippen LogP contribution in [0.3, 0.4) is 0 Å². The van der Waals surface area contributed by atoms with Gasteiger partial charge in [0.05, 0.1) is 11.6 Å². The lowest BCUT2D eigenvalue weighted by molar-refractivity contribution is -0.150. The van der Waals surface area contributed by atoms with Crippen molar-refractivity contribution in [3.05, 3.63) is 56.1 Å². The minimum atomic E-state index is -0.799.